The minimum Gasteiger partial charge on any atom is -0.341 e. The fraction of sp³-hybridized carbons (Fsp3) is 0.765. The van der Waals surface area contributed by atoms with Gasteiger partial charge in [0.15, 0.2) is 0 Å². The van der Waals surface area contributed by atoms with Crippen LogP contribution in [0.3, 0.4) is 0 Å². The molecule has 0 amide bonds. The number of nitrogens with one attached hydrogen (secondary N) is 1. The quantitative estimate of drug-likeness (QED) is 0.798. The average Bonchev–Trinajstić information content (AvgIpc) is 2.38. The van der Waals surface area contributed by atoms with E-state index in [9.17, 15) is 0 Å². The van der Waals surface area contributed by atoms with Crippen molar-refractivity contribution in [1.29, 1.82) is 0 Å². The van der Waals surface area contributed by atoms with Crippen LogP contribution >= 0.6 is 0 Å². The molecule has 0 saturated carbocycles. The van der Waals surface area contributed by atoms with Gasteiger partial charge in [0.05, 0.1) is 0 Å². The van der Waals surface area contributed by atoms with Crippen LogP contribution in [0.25, 0.3) is 0 Å². The van der Waals surface area contributed by atoms with Gasteiger partial charge in [-0.2, -0.15) is 0 Å². The van der Waals surface area contributed by atoms with Gasteiger partial charge in [-0.05, 0) is 51.6 Å². The standard InChI is InChI=1S/C17H32N4/c1-8-21(9-2)17-19-14(6)16(15(7)20-17)13(5)11-18-10-12(3)4/h12-13,18H,8-11H2,1-7H3. The van der Waals surface area contributed by atoms with Gasteiger partial charge >= 0.3 is 0 Å². The van der Waals surface area contributed by atoms with Crippen molar-refractivity contribution in [1.82, 2.24) is 15.3 Å². The third-order valence-corrected chi connectivity index (χ3v) is 3.86. The maximum atomic E-state index is 4.73. The van der Waals surface area contributed by atoms with Gasteiger partial charge in [0.1, 0.15) is 0 Å². The van der Waals surface area contributed by atoms with Crippen LogP contribution in [0.5, 0.6) is 0 Å². The molecule has 4 nitrogen and oxygen atoms in total. The zero-order valence-electron chi connectivity index (χ0n) is 14.8. The van der Waals surface area contributed by atoms with E-state index in [1.165, 1.54) is 5.56 Å². The van der Waals surface area contributed by atoms with E-state index in [2.05, 4.69) is 58.7 Å². The molecule has 0 aliphatic carbocycles. The minimum atomic E-state index is 0.439. The lowest BCUT2D eigenvalue weighted by atomic mass is 9.98. The molecule has 21 heavy (non-hydrogen) atoms. The molecular formula is C17H32N4. The van der Waals surface area contributed by atoms with Crippen molar-refractivity contribution < 1.29 is 0 Å². The third kappa shape index (κ3) is 4.95. The summed E-state index contributed by atoms with van der Waals surface area (Å²) in [5, 5.41) is 3.53. The second-order valence-electron chi connectivity index (χ2n) is 6.23. The van der Waals surface area contributed by atoms with Gasteiger partial charge in [0, 0.05) is 31.0 Å². The van der Waals surface area contributed by atoms with Crippen molar-refractivity contribution >= 4 is 5.95 Å². The number of anilines is 1. The van der Waals surface area contributed by atoms with Crippen LogP contribution < -0.4 is 10.2 Å². The largest absolute Gasteiger partial charge is 0.341 e. The van der Waals surface area contributed by atoms with Crippen LogP contribution in [0, 0.1) is 19.8 Å². The first-order chi connectivity index (χ1) is 9.90. The zero-order valence-corrected chi connectivity index (χ0v) is 14.8. The lowest BCUT2D eigenvalue weighted by molar-refractivity contribution is 0.526. The Kier molecular flexibility index (Phi) is 7.09. The highest BCUT2D eigenvalue weighted by Crippen LogP contribution is 2.23. The van der Waals surface area contributed by atoms with E-state index in [4.69, 9.17) is 9.97 Å². The normalized spacial score (nSPS) is 12.8. The molecule has 120 valence electrons. The predicted molar refractivity (Wildman–Crippen MR) is 91.2 cm³/mol. The molecule has 1 atom stereocenters. The first-order valence-electron chi connectivity index (χ1n) is 8.21. The molecule has 0 saturated heterocycles. The zero-order chi connectivity index (χ0) is 16.0. The molecule has 1 unspecified atom stereocenters. The molecule has 0 bridgehead atoms. The van der Waals surface area contributed by atoms with Crippen LogP contribution in [-0.2, 0) is 0 Å². The minimum absolute atomic E-state index is 0.439. The Labute approximate surface area is 130 Å². The molecule has 1 rings (SSSR count). The summed E-state index contributed by atoms with van der Waals surface area (Å²) < 4.78 is 0. The summed E-state index contributed by atoms with van der Waals surface area (Å²) in [6, 6.07) is 0. The highest BCUT2D eigenvalue weighted by atomic mass is 15.2. The Bertz CT molecular complexity index is 415. The monoisotopic (exact) mass is 292 g/mol. The fourth-order valence-electron chi connectivity index (χ4n) is 2.76. The van der Waals surface area contributed by atoms with Crippen molar-refractivity contribution in [3.63, 3.8) is 0 Å². The van der Waals surface area contributed by atoms with Crippen molar-refractivity contribution in [3.8, 4) is 0 Å². The first-order valence-corrected chi connectivity index (χ1v) is 8.21. The molecule has 4 heteroatoms. The summed E-state index contributed by atoms with van der Waals surface area (Å²) in [5.41, 5.74) is 3.52. The van der Waals surface area contributed by atoms with E-state index in [0.717, 1.165) is 43.5 Å². The molecule has 1 aromatic rings. The number of hydrogen-bond donors (Lipinski definition) is 1. The van der Waals surface area contributed by atoms with Gasteiger partial charge in [-0.25, -0.2) is 9.97 Å². The lowest BCUT2D eigenvalue weighted by Gasteiger charge is -2.23. The predicted octanol–water partition coefficient (Wildman–Crippen LogP) is 3.29. The van der Waals surface area contributed by atoms with E-state index in [1.54, 1.807) is 0 Å². The van der Waals surface area contributed by atoms with E-state index in [-0.39, 0.29) is 0 Å². The highest BCUT2D eigenvalue weighted by molar-refractivity contribution is 5.38. The molecule has 1 aromatic heterocycles. The number of aromatic nitrogens is 2. The number of aryl methyl sites for hydroxylation is 2. The summed E-state index contributed by atoms with van der Waals surface area (Å²) in [7, 11) is 0. The Morgan fingerprint density at radius 3 is 1.90 bits per heavy atom. The summed E-state index contributed by atoms with van der Waals surface area (Å²) in [6.45, 7) is 19.1. The Morgan fingerprint density at radius 1 is 0.952 bits per heavy atom. The molecule has 1 N–H and O–H groups in total. The van der Waals surface area contributed by atoms with Gasteiger partial charge in [0.2, 0.25) is 5.95 Å². The van der Waals surface area contributed by atoms with Crippen LogP contribution in [-0.4, -0.2) is 36.1 Å². The van der Waals surface area contributed by atoms with Gasteiger partial charge in [-0.1, -0.05) is 20.8 Å². The van der Waals surface area contributed by atoms with Crippen LogP contribution in [0.1, 0.15) is 57.5 Å². The number of hydrogen-bond acceptors (Lipinski definition) is 4. The van der Waals surface area contributed by atoms with Crippen LogP contribution in [0.2, 0.25) is 0 Å². The topological polar surface area (TPSA) is 41.1 Å². The maximum absolute atomic E-state index is 4.73. The number of rotatable bonds is 8. The van der Waals surface area contributed by atoms with Crippen molar-refractivity contribution in [2.75, 3.05) is 31.1 Å². The van der Waals surface area contributed by atoms with Gasteiger partial charge in [-0.3, -0.25) is 0 Å². The van der Waals surface area contributed by atoms with Gasteiger partial charge in [0.25, 0.3) is 0 Å². The summed E-state index contributed by atoms with van der Waals surface area (Å²) in [4.78, 5) is 11.7. The van der Waals surface area contributed by atoms with Crippen LogP contribution in [0.15, 0.2) is 0 Å². The summed E-state index contributed by atoms with van der Waals surface area (Å²) in [6.07, 6.45) is 0. The molecule has 0 spiro atoms. The van der Waals surface area contributed by atoms with Crippen molar-refractivity contribution in [3.05, 3.63) is 17.0 Å². The Morgan fingerprint density at radius 2 is 1.48 bits per heavy atom. The molecule has 0 fully saturated rings. The molecule has 0 aromatic carbocycles. The lowest BCUT2D eigenvalue weighted by Crippen LogP contribution is -2.27. The molecule has 0 aliphatic heterocycles. The molecule has 1 heterocycles. The highest BCUT2D eigenvalue weighted by Gasteiger charge is 2.16. The van der Waals surface area contributed by atoms with Gasteiger partial charge < -0.3 is 10.2 Å². The molecular weight excluding hydrogens is 260 g/mol. The smallest absolute Gasteiger partial charge is 0.225 e. The van der Waals surface area contributed by atoms with E-state index in [1.807, 2.05) is 0 Å². The van der Waals surface area contributed by atoms with E-state index < -0.39 is 0 Å². The van der Waals surface area contributed by atoms with Crippen LogP contribution in [0.4, 0.5) is 5.95 Å². The third-order valence-electron chi connectivity index (χ3n) is 3.86. The molecule has 0 aliphatic rings. The Balaban J connectivity index is 2.88. The van der Waals surface area contributed by atoms with Crippen molar-refractivity contribution in [2.45, 2.75) is 54.4 Å². The molecule has 0 radical (unpaired) electrons. The van der Waals surface area contributed by atoms with E-state index >= 15 is 0 Å². The Hall–Kier alpha value is -1.16. The second kappa shape index (κ2) is 8.32. The second-order valence-corrected chi connectivity index (χ2v) is 6.23. The van der Waals surface area contributed by atoms with E-state index in [0.29, 0.717) is 11.8 Å². The SMILES string of the molecule is CCN(CC)c1nc(C)c(C(C)CNCC(C)C)c(C)n1. The first kappa shape index (κ1) is 17.9. The van der Waals surface area contributed by atoms with Gasteiger partial charge in [-0.15, -0.1) is 0 Å². The van der Waals surface area contributed by atoms with Crippen molar-refractivity contribution in [2.24, 2.45) is 5.92 Å². The average molecular weight is 292 g/mol. The number of nitrogens with zero attached hydrogens (tertiary/aromatic N) is 3. The maximum Gasteiger partial charge on any atom is 0.225 e. The fourth-order valence-corrected chi connectivity index (χ4v) is 2.76. The summed E-state index contributed by atoms with van der Waals surface area (Å²) in [5.74, 6) is 1.98. The summed E-state index contributed by atoms with van der Waals surface area (Å²) >= 11 is 0.